The fourth-order valence-corrected chi connectivity index (χ4v) is 1.55. The molecule has 16 heavy (non-hydrogen) atoms. The second-order valence-corrected chi connectivity index (χ2v) is 4.11. The van der Waals surface area contributed by atoms with E-state index in [1.165, 1.54) is 0 Å². The second-order valence-electron chi connectivity index (χ2n) is 2.85. The molecule has 82 valence electrons. The zero-order valence-corrected chi connectivity index (χ0v) is 9.99. The van der Waals surface area contributed by atoms with Crippen molar-refractivity contribution in [1.82, 2.24) is 10.2 Å². The molecule has 0 saturated carbocycles. The third kappa shape index (κ3) is 2.07. The number of nitrogens with zero attached hydrogens (tertiary/aromatic N) is 2. The van der Waals surface area contributed by atoms with E-state index in [0.29, 0.717) is 15.1 Å². The van der Waals surface area contributed by atoms with Crippen LogP contribution in [0.5, 0.6) is 0 Å². The molecule has 0 fully saturated rings. The van der Waals surface area contributed by atoms with Gasteiger partial charge in [-0.05, 0) is 34.1 Å². The molecule has 0 amide bonds. The first-order valence-electron chi connectivity index (χ1n) is 4.10. The van der Waals surface area contributed by atoms with Crippen LogP contribution >= 0.6 is 27.5 Å². The Morgan fingerprint density at radius 3 is 2.75 bits per heavy atom. The highest BCUT2D eigenvalue weighted by Gasteiger charge is 2.14. The maximum Gasteiger partial charge on any atom is 0.393 e. The van der Waals surface area contributed by atoms with Gasteiger partial charge in [0.2, 0.25) is 5.89 Å². The first-order chi connectivity index (χ1) is 7.58. The van der Waals surface area contributed by atoms with Gasteiger partial charge in [0.15, 0.2) is 0 Å². The average molecular weight is 303 g/mol. The Kier molecular flexibility index (Phi) is 2.93. The van der Waals surface area contributed by atoms with E-state index in [4.69, 9.17) is 21.1 Å². The van der Waals surface area contributed by atoms with Crippen molar-refractivity contribution >= 4 is 33.5 Å². The summed E-state index contributed by atoms with van der Waals surface area (Å²) >= 11 is 9.06. The van der Waals surface area contributed by atoms with Crippen LogP contribution in [0, 0.1) is 0 Å². The topological polar surface area (TPSA) is 76.2 Å². The minimum atomic E-state index is -1.26. The lowest BCUT2D eigenvalue weighted by molar-refractivity contribution is 0.0654. The van der Waals surface area contributed by atoms with E-state index in [9.17, 15) is 4.79 Å². The Morgan fingerprint density at radius 1 is 1.44 bits per heavy atom. The van der Waals surface area contributed by atoms with Gasteiger partial charge in [0.05, 0.1) is 5.02 Å². The molecule has 1 heterocycles. The number of halogens is 2. The zero-order valence-electron chi connectivity index (χ0n) is 7.65. The van der Waals surface area contributed by atoms with Gasteiger partial charge in [-0.3, -0.25) is 0 Å². The number of carbonyl (C=O) groups is 1. The monoisotopic (exact) mass is 302 g/mol. The third-order valence-electron chi connectivity index (χ3n) is 1.77. The largest absolute Gasteiger partial charge is 0.474 e. The van der Waals surface area contributed by atoms with Crippen LogP contribution in [0.2, 0.25) is 5.02 Å². The first-order valence-corrected chi connectivity index (χ1v) is 5.27. The second kappa shape index (κ2) is 4.23. The highest BCUT2D eigenvalue weighted by atomic mass is 79.9. The van der Waals surface area contributed by atoms with Crippen molar-refractivity contribution in [3.05, 3.63) is 33.6 Å². The molecule has 0 aliphatic rings. The lowest BCUT2D eigenvalue weighted by Crippen LogP contribution is -1.95. The SMILES string of the molecule is O=C(O)c1nnc(-c2ccc(Cl)c(Br)c2)o1. The summed E-state index contributed by atoms with van der Waals surface area (Å²) in [7, 11) is 0. The molecular weight excluding hydrogens is 299 g/mol. The van der Waals surface area contributed by atoms with Crippen LogP contribution < -0.4 is 0 Å². The number of carboxylic acid groups (broad SMARTS) is 1. The van der Waals surface area contributed by atoms with E-state index >= 15 is 0 Å². The standard InChI is InChI=1S/C9H4BrClN2O3/c10-5-3-4(1-2-6(5)11)7-12-13-8(16-7)9(14)15/h1-3H,(H,14,15). The van der Waals surface area contributed by atoms with Gasteiger partial charge in [-0.15, -0.1) is 10.2 Å². The van der Waals surface area contributed by atoms with Crippen LogP contribution in [-0.4, -0.2) is 21.3 Å². The third-order valence-corrected chi connectivity index (χ3v) is 2.99. The molecule has 0 spiro atoms. The molecule has 5 nitrogen and oxygen atoms in total. The highest BCUT2D eigenvalue weighted by molar-refractivity contribution is 9.10. The van der Waals surface area contributed by atoms with Crippen molar-refractivity contribution < 1.29 is 14.3 Å². The van der Waals surface area contributed by atoms with E-state index in [2.05, 4.69) is 26.1 Å². The number of aromatic nitrogens is 2. The number of aromatic carboxylic acids is 1. The van der Waals surface area contributed by atoms with Crippen molar-refractivity contribution in [2.45, 2.75) is 0 Å². The summed E-state index contributed by atoms with van der Waals surface area (Å²) in [5.41, 5.74) is 0.594. The van der Waals surface area contributed by atoms with Gasteiger partial charge in [-0.2, -0.15) is 0 Å². The maximum absolute atomic E-state index is 10.5. The fraction of sp³-hybridized carbons (Fsp3) is 0. The lowest BCUT2D eigenvalue weighted by Gasteiger charge is -1.97. The molecule has 0 radical (unpaired) electrons. The van der Waals surface area contributed by atoms with Gasteiger partial charge in [-0.25, -0.2) is 4.79 Å². The summed E-state index contributed by atoms with van der Waals surface area (Å²) in [5, 5.41) is 16.2. The quantitative estimate of drug-likeness (QED) is 0.923. The molecule has 0 aliphatic heterocycles. The van der Waals surface area contributed by atoms with Crippen LogP contribution in [-0.2, 0) is 0 Å². The maximum atomic E-state index is 10.5. The molecule has 7 heteroatoms. The van der Waals surface area contributed by atoms with Gasteiger partial charge in [0.25, 0.3) is 0 Å². The van der Waals surface area contributed by atoms with Crippen molar-refractivity contribution in [3.63, 3.8) is 0 Å². The Labute approximate surface area is 103 Å². The Morgan fingerprint density at radius 2 is 2.19 bits per heavy atom. The van der Waals surface area contributed by atoms with Crippen molar-refractivity contribution in [1.29, 1.82) is 0 Å². The summed E-state index contributed by atoms with van der Waals surface area (Å²) in [5.74, 6) is -1.57. The Hall–Kier alpha value is -1.40. The molecular formula is C9H4BrClN2O3. The molecule has 0 unspecified atom stereocenters. The summed E-state index contributed by atoms with van der Waals surface area (Å²) in [6, 6.07) is 4.97. The van der Waals surface area contributed by atoms with Crippen LogP contribution in [0.3, 0.4) is 0 Å². The van der Waals surface area contributed by atoms with Crippen molar-refractivity contribution in [2.24, 2.45) is 0 Å². The zero-order chi connectivity index (χ0) is 11.7. The van der Waals surface area contributed by atoms with Crippen LogP contribution in [0.4, 0.5) is 0 Å². The summed E-state index contributed by atoms with van der Waals surface area (Å²) in [6.45, 7) is 0. The number of benzene rings is 1. The number of hydrogen-bond donors (Lipinski definition) is 1. The Balaban J connectivity index is 2.42. The predicted octanol–water partition coefficient (Wildman–Crippen LogP) is 2.85. The van der Waals surface area contributed by atoms with Gasteiger partial charge in [0, 0.05) is 10.0 Å². The number of rotatable bonds is 2. The Bertz CT molecular complexity index is 555. The summed E-state index contributed by atoms with van der Waals surface area (Å²) in [4.78, 5) is 10.5. The van der Waals surface area contributed by atoms with Crippen LogP contribution in [0.15, 0.2) is 27.1 Å². The molecule has 1 aromatic heterocycles. The van der Waals surface area contributed by atoms with E-state index in [-0.39, 0.29) is 5.89 Å². The van der Waals surface area contributed by atoms with Crippen LogP contribution in [0.1, 0.15) is 10.7 Å². The van der Waals surface area contributed by atoms with Crippen LogP contribution in [0.25, 0.3) is 11.5 Å². The molecule has 0 bridgehead atoms. The molecule has 0 saturated heterocycles. The fourth-order valence-electron chi connectivity index (χ4n) is 1.06. The highest BCUT2D eigenvalue weighted by Crippen LogP contribution is 2.28. The smallest absolute Gasteiger partial charge is 0.393 e. The van der Waals surface area contributed by atoms with Gasteiger partial charge >= 0.3 is 11.9 Å². The molecule has 1 N–H and O–H groups in total. The van der Waals surface area contributed by atoms with Crippen molar-refractivity contribution in [2.75, 3.05) is 0 Å². The van der Waals surface area contributed by atoms with Gasteiger partial charge < -0.3 is 9.52 Å². The lowest BCUT2D eigenvalue weighted by atomic mass is 10.2. The average Bonchev–Trinajstić information content (AvgIpc) is 2.71. The molecule has 1 aromatic carbocycles. The van der Waals surface area contributed by atoms with Crippen molar-refractivity contribution in [3.8, 4) is 11.5 Å². The minimum Gasteiger partial charge on any atom is -0.474 e. The predicted molar refractivity (Wildman–Crippen MR) is 59.4 cm³/mol. The normalized spacial score (nSPS) is 10.4. The number of hydrogen-bond acceptors (Lipinski definition) is 4. The molecule has 0 atom stereocenters. The minimum absolute atomic E-state index is 0.134. The summed E-state index contributed by atoms with van der Waals surface area (Å²) < 4.78 is 5.61. The van der Waals surface area contributed by atoms with Gasteiger partial charge in [0.1, 0.15) is 0 Å². The number of carboxylic acids is 1. The molecule has 2 aromatic rings. The van der Waals surface area contributed by atoms with E-state index in [0.717, 1.165) is 0 Å². The van der Waals surface area contributed by atoms with Gasteiger partial charge in [-0.1, -0.05) is 11.6 Å². The summed E-state index contributed by atoms with van der Waals surface area (Å²) in [6.07, 6.45) is 0. The van der Waals surface area contributed by atoms with E-state index in [1.807, 2.05) is 0 Å². The first kappa shape index (κ1) is 11.1. The molecule has 0 aliphatic carbocycles. The van der Waals surface area contributed by atoms with E-state index in [1.54, 1.807) is 18.2 Å². The molecule has 2 rings (SSSR count). The van der Waals surface area contributed by atoms with E-state index < -0.39 is 11.9 Å².